The Hall–Kier alpha value is -2.75. The zero-order valence-corrected chi connectivity index (χ0v) is 19.1. The van der Waals surface area contributed by atoms with Crippen LogP contribution in [0.5, 0.6) is 5.75 Å². The van der Waals surface area contributed by atoms with Crippen LogP contribution in [0.4, 0.5) is 8.78 Å². The van der Waals surface area contributed by atoms with Gasteiger partial charge in [-0.15, -0.1) is 13.2 Å². The summed E-state index contributed by atoms with van der Waals surface area (Å²) in [6.45, 7) is 7.61. The van der Waals surface area contributed by atoms with Crippen LogP contribution in [-0.2, 0) is 6.42 Å². The van der Waals surface area contributed by atoms with Gasteiger partial charge in [0.1, 0.15) is 5.82 Å². The summed E-state index contributed by atoms with van der Waals surface area (Å²) in [6.07, 6.45) is 12.1. The number of allylic oxidation sites excluding steroid dienone is 2. The number of hydrogen-bond donors (Lipinski definition) is 0. The van der Waals surface area contributed by atoms with Gasteiger partial charge in [-0.3, -0.25) is 0 Å². The molecule has 0 spiro atoms. The van der Waals surface area contributed by atoms with Gasteiger partial charge in [0, 0.05) is 0 Å². The van der Waals surface area contributed by atoms with Gasteiger partial charge in [-0.05, 0) is 110 Å². The maximum Gasteiger partial charge on any atom is 0.346 e. The Morgan fingerprint density at radius 1 is 0.970 bits per heavy atom. The molecule has 33 heavy (non-hydrogen) atoms. The van der Waals surface area contributed by atoms with Crippen molar-refractivity contribution in [3.63, 3.8) is 0 Å². The molecule has 2 aliphatic carbocycles. The first-order valence-corrected chi connectivity index (χ1v) is 12.0. The Morgan fingerprint density at radius 3 is 2.48 bits per heavy atom. The second-order valence-corrected chi connectivity index (χ2v) is 9.56. The molecular formula is C29H32F2O2. The SMILES string of the molecule is C=CCCc1ccc(OC(=O)c2ccc(C3CCC4CC(C=C)CCC4C3)cc2F)c(F)c1. The van der Waals surface area contributed by atoms with E-state index in [2.05, 4.69) is 19.2 Å². The number of halogens is 2. The lowest BCUT2D eigenvalue weighted by Gasteiger charge is -2.41. The van der Waals surface area contributed by atoms with E-state index in [1.807, 2.05) is 6.07 Å². The smallest absolute Gasteiger partial charge is 0.346 e. The van der Waals surface area contributed by atoms with Gasteiger partial charge in [0.05, 0.1) is 5.56 Å². The van der Waals surface area contributed by atoms with Crippen LogP contribution in [0.2, 0.25) is 0 Å². The molecule has 0 aromatic heterocycles. The first-order chi connectivity index (χ1) is 16.0. The summed E-state index contributed by atoms with van der Waals surface area (Å²) in [5.74, 6) is 0.0519. The third kappa shape index (κ3) is 5.43. The van der Waals surface area contributed by atoms with Crippen LogP contribution in [0.25, 0.3) is 0 Å². The molecule has 2 saturated carbocycles. The molecule has 0 aliphatic heterocycles. The van der Waals surface area contributed by atoms with E-state index < -0.39 is 17.6 Å². The molecule has 0 saturated heterocycles. The summed E-state index contributed by atoms with van der Waals surface area (Å²) < 4.78 is 34.4. The molecule has 4 atom stereocenters. The zero-order valence-electron chi connectivity index (χ0n) is 19.1. The highest BCUT2D eigenvalue weighted by Crippen LogP contribution is 2.47. The molecule has 0 amide bonds. The van der Waals surface area contributed by atoms with Crippen LogP contribution in [0, 0.1) is 29.4 Å². The van der Waals surface area contributed by atoms with Gasteiger partial charge in [0.2, 0.25) is 0 Å². The fourth-order valence-electron chi connectivity index (χ4n) is 5.60. The monoisotopic (exact) mass is 450 g/mol. The molecule has 4 unspecified atom stereocenters. The Kier molecular flexibility index (Phi) is 7.42. The van der Waals surface area contributed by atoms with E-state index in [0.717, 1.165) is 42.7 Å². The third-order valence-electron chi connectivity index (χ3n) is 7.51. The lowest BCUT2D eigenvalue weighted by atomic mass is 9.64. The fourth-order valence-corrected chi connectivity index (χ4v) is 5.60. The molecule has 0 N–H and O–H groups in total. The summed E-state index contributed by atoms with van der Waals surface area (Å²) in [6, 6.07) is 9.22. The number of ether oxygens (including phenoxy) is 1. The van der Waals surface area contributed by atoms with Crippen LogP contribution >= 0.6 is 0 Å². The van der Waals surface area contributed by atoms with Crippen LogP contribution in [0.15, 0.2) is 61.7 Å². The summed E-state index contributed by atoms with van der Waals surface area (Å²) >= 11 is 0. The molecule has 2 aromatic rings. The Labute approximate surface area is 195 Å². The van der Waals surface area contributed by atoms with Crippen LogP contribution in [-0.4, -0.2) is 5.97 Å². The van der Waals surface area contributed by atoms with Crippen molar-refractivity contribution in [1.29, 1.82) is 0 Å². The van der Waals surface area contributed by atoms with Crippen LogP contribution in [0.3, 0.4) is 0 Å². The van der Waals surface area contributed by atoms with Crippen molar-refractivity contribution >= 4 is 5.97 Å². The maximum absolute atomic E-state index is 14.9. The minimum atomic E-state index is -0.886. The van der Waals surface area contributed by atoms with Gasteiger partial charge < -0.3 is 4.74 Å². The first kappa shape index (κ1) is 23.4. The van der Waals surface area contributed by atoms with Crippen LogP contribution in [0.1, 0.15) is 72.3 Å². The second-order valence-electron chi connectivity index (χ2n) is 9.56. The molecule has 0 heterocycles. The Morgan fingerprint density at radius 2 is 1.76 bits per heavy atom. The minimum absolute atomic E-state index is 0.172. The van der Waals surface area contributed by atoms with E-state index in [1.54, 1.807) is 12.1 Å². The number of esters is 1. The van der Waals surface area contributed by atoms with Crippen molar-refractivity contribution in [3.05, 3.63) is 90.0 Å². The highest BCUT2D eigenvalue weighted by Gasteiger charge is 2.35. The molecule has 2 fully saturated rings. The Bertz CT molecular complexity index is 1030. The Balaban J connectivity index is 1.41. The predicted octanol–water partition coefficient (Wildman–Crippen LogP) is 7.79. The minimum Gasteiger partial charge on any atom is -0.420 e. The lowest BCUT2D eigenvalue weighted by Crippen LogP contribution is -2.30. The van der Waals surface area contributed by atoms with E-state index in [0.29, 0.717) is 24.2 Å². The van der Waals surface area contributed by atoms with Gasteiger partial charge in [-0.2, -0.15) is 0 Å². The molecule has 2 nitrogen and oxygen atoms in total. The van der Waals surface area contributed by atoms with Crippen LogP contribution < -0.4 is 4.74 Å². The van der Waals surface area contributed by atoms with Gasteiger partial charge in [0.25, 0.3) is 0 Å². The van der Waals surface area contributed by atoms with E-state index in [1.165, 1.54) is 43.5 Å². The van der Waals surface area contributed by atoms with Crippen molar-refractivity contribution in [1.82, 2.24) is 0 Å². The van der Waals surface area contributed by atoms with Crippen molar-refractivity contribution in [2.45, 2.75) is 57.3 Å². The number of aryl methyl sites for hydroxylation is 1. The number of benzene rings is 2. The summed E-state index contributed by atoms with van der Waals surface area (Å²) in [7, 11) is 0. The van der Waals surface area contributed by atoms with E-state index in [-0.39, 0.29) is 11.3 Å². The standard InChI is InChI=1S/C29H32F2O2/c1-3-5-6-20-8-14-28(27(31)16-20)33-29(32)25-13-12-24(18-26(25)30)23-11-10-21-15-19(4-2)7-9-22(21)17-23/h3-4,8,12-14,16,18-19,21-23H,1-2,5-7,9-11,15,17H2. The zero-order chi connectivity index (χ0) is 23.4. The first-order valence-electron chi connectivity index (χ1n) is 12.0. The van der Waals surface area contributed by atoms with Gasteiger partial charge in [-0.1, -0.05) is 24.3 Å². The number of carbonyl (C=O) groups excluding carboxylic acids is 1. The predicted molar refractivity (Wildman–Crippen MR) is 127 cm³/mol. The third-order valence-corrected chi connectivity index (χ3v) is 7.51. The van der Waals surface area contributed by atoms with Crippen molar-refractivity contribution in [2.24, 2.45) is 17.8 Å². The van der Waals surface area contributed by atoms with Crippen molar-refractivity contribution in [3.8, 4) is 5.75 Å². The quantitative estimate of drug-likeness (QED) is 0.244. The summed E-state index contributed by atoms with van der Waals surface area (Å²) in [5.41, 5.74) is 1.55. The highest BCUT2D eigenvalue weighted by atomic mass is 19.1. The molecule has 0 radical (unpaired) electrons. The second kappa shape index (κ2) is 10.5. The normalized spacial score (nSPS) is 24.5. The van der Waals surface area contributed by atoms with E-state index in [9.17, 15) is 13.6 Å². The summed E-state index contributed by atoms with van der Waals surface area (Å²) in [5, 5.41) is 0. The largest absolute Gasteiger partial charge is 0.420 e. The summed E-state index contributed by atoms with van der Waals surface area (Å²) in [4.78, 5) is 12.5. The van der Waals surface area contributed by atoms with E-state index in [4.69, 9.17) is 4.74 Å². The number of fused-ring (bicyclic) bond motifs is 1. The van der Waals surface area contributed by atoms with Crippen molar-refractivity contribution < 1.29 is 18.3 Å². The average Bonchev–Trinajstić information content (AvgIpc) is 2.83. The molecule has 0 bridgehead atoms. The fraction of sp³-hybridized carbons (Fsp3) is 0.414. The number of hydrogen-bond acceptors (Lipinski definition) is 2. The number of rotatable bonds is 7. The molecule has 4 rings (SSSR count). The number of carbonyl (C=O) groups is 1. The van der Waals surface area contributed by atoms with Gasteiger partial charge in [-0.25, -0.2) is 13.6 Å². The molecule has 174 valence electrons. The molecule has 2 aromatic carbocycles. The molecule has 4 heteroatoms. The lowest BCUT2D eigenvalue weighted by molar-refractivity contribution is 0.0723. The topological polar surface area (TPSA) is 26.3 Å². The highest BCUT2D eigenvalue weighted by molar-refractivity contribution is 5.91. The van der Waals surface area contributed by atoms with Crippen molar-refractivity contribution in [2.75, 3.05) is 0 Å². The average molecular weight is 451 g/mol. The van der Waals surface area contributed by atoms with Gasteiger partial charge in [0.15, 0.2) is 11.6 Å². The van der Waals surface area contributed by atoms with Gasteiger partial charge >= 0.3 is 5.97 Å². The molecular weight excluding hydrogens is 418 g/mol. The molecule has 2 aliphatic rings. The maximum atomic E-state index is 14.9. The van der Waals surface area contributed by atoms with E-state index >= 15 is 0 Å².